The van der Waals surface area contributed by atoms with Crippen LogP contribution in [0.5, 0.6) is 0 Å². The van der Waals surface area contributed by atoms with Gasteiger partial charge in [0.15, 0.2) is 8.46 Å². The molecule has 0 bridgehead atoms. The lowest BCUT2D eigenvalue weighted by molar-refractivity contribution is 0.596. The molecule has 0 aliphatic carbocycles. The molecule has 0 atom stereocenters. The van der Waals surface area contributed by atoms with Crippen LogP contribution in [0.2, 0.25) is 10.0 Å². The molecule has 2 aromatic rings. The summed E-state index contributed by atoms with van der Waals surface area (Å²) in [5.41, 5.74) is 2.20. The van der Waals surface area contributed by atoms with Crippen molar-refractivity contribution in [3.8, 4) is 0 Å². The van der Waals surface area contributed by atoms with E-state index in [0.717, 1.165) is 11.1 Å². The van der Waals surface area contributed by atoms with Gasteiger partial charge in [-0.3, -0.25) is 4.57 Å². The molecule has 92 valence electrons. The zero-order chi connectivity index (χ0) is 13.0. The lowest BCUT2D eigenvalue weighted by Gasteiger charge is -2.15. The van der Waals surface area contributed by atoms with Crippen molar-refractivity contribution >= 4 is 31.7 Å². The Kier molecular flexibility index (Phi) is 4.77. The molecule has 0 fully saturated rings. The van der Waals surface area contributed by atoms with E-state index in [-0.39, 0.29) is 14.4 Å². The standard InChI is InChI=1S/C14H11Cl2OP/c15-12-5-1-10(2-6-12)14(9-18-17)11-3-7-13(16)8-4-11/h1-8,14H,9H2. The first kappa shape index (κ1) is 13.5. The minimum atomic E-state index is 0.0960. The number of benzene rings is 2. The van der Waals surface area contributed by atoms with E-state index in [9.17, 15) is 4.57 Å². The normalized spacial score (nSPS) is 11.1. The monoisotopic (exact) mass is 296 g/mol. The van der Waals surface area contributed by atoms with Gasteiger partial charge in [0.2, 0.25) is 0 Å². The molecular formula is C14H11Cl2OP. The molecule has 0 aromatic heterocycles. The number of halogens is 2. The van der Waals surface area contributed by atoms with Crippen molar-refractivity contribution in [2.24, 2.45) is 0 Å². The second kappa shape index (κ2) is 6.33. The molecule has 2 aromatic carbocycles. The van der Waals surface area contributed by atoms with Gasteiger partial charge in [-0.05, 0) is 35.4 Å². The Hall–Kier alpha value is -0.880. The van der Waals surface area contributed by atoms with Gasteiger partial charge < -0.3 is 0 Å². The van der Waals surface area contributed by atoms with Crippen LogP contribution in [0.3, 0.4) is 0 Å². The van der Waals surface area contributed by atoms with Gasteiger partial charge in [-0.2, -0.15) is 0 Å². The first-order chi connectivity index (χ1) is 8.70. The molecule has 18 heavy (non-hydrogen) atoms. The molecule has 1 nitrogen and oxygen atoms in total. The van der Waals surface area contributed by atoms with Gasteiger partial charge in [0.1, 0.15) is 0 Å². The third-order valence-corrected chi connectivity index (χ3v) is 3.82. The predicted molar refractivity (Wildman–Crippen MR) is 77.2 cm³/mol. The lowest BCUT2D eigenvalue weighted by Crippen LogP contribution is -2.02. The van der Waals surface area contributed by atoms with Crippen LogP contribution in [0.15, 0.2) is 48.5 Å². The van der Waals surface area contributed by atoms with Crippen molar-refractivity contribution in [1.82, 2.24) is 0 Å². The fourth-order valence-electron chi connectivity index (χ4n) is 1.87. The Morgan fingerprint density at radius 2 is 1.22 bits per heavy atom. The molecule has 0 saturated heterocycles. The summed E-state index contributed by atoms with van der Waals surface area (Å²) in [5.74, 6) is 0.0960. The van der Waals surface area contributed by atoms with E-state index >= 15 is 0 Å². The topological polar surface area (TPSA) is 17.1 Å². The molecule has 0 heterocycles. The van der Waals surface area contributed by atoms with Crippen molar-refractivity contribution < 1.29 is 4.57 Å². The summed E-state index contributed by atoms with van der Waals surface area (Å²) in [6.45, 7) is 0. The third-order valence-electron chi connectivity index (χ3n) is 2.80. The van der Waals surface area contributed by atoms with Crippen LogP contribution in [0.1, 0.15) is 17.0 Å². The van der Waals surface area contributed by atoms with Gasteiger partial charge in [-0.15, -0.1) is 0 Å². The zero-order valence-corrected chi connectivity index (χ0v) is 11.9. The highest BCUT2D eigenvalue weighted by Crippen LogP contribution is 2.29. The Morgan fingerprint density at radius 3 is 1.56 bits per heavy atom. The SMILES string of the molecule is O=PCC(c1ccc(Cl)cc1)c1ccc(Cl)cc1. The second-order valence-electron chi connectivity index (χ2n) is 3.97. The minimum Gasteiger partial charge on any atom is -0.275 e. The quantitative estimate of drug-likeness (QED) is 0.689. The molecule has 0 aliphatic rings. The predicted octanol–water partition coefficient (Wildman–Crippen LogP) is 5.42. The van der Waals surface area contributed by atoms with Crippen molar-refractivity contribution in [2.75, 3.05) is 6.16 Å². The molecular weight excluding hydrogens is 286 g/mol. The van der Waals surface area contributed by atoms with E-state index in [4.69, 9.17) is 23.2 Å². The minimum absolute atomic E-state index is 0.0960. The molecule has 0 aliphatic heterocycles. The van der Waals surface area contributed by atoms with E-state index in [1.807, 2.05) is 48.5 Å². The largest absolute Gasteiger partial charge is 0.275 e. The average molecular weight is 297 g/mol. The van der Waals surface area contributed by atoms with Crippen LogP contribution in [0.25, 0.3) is 0 Å². The Labute approximate surface area is 118 Å². The van der Waals surface area contributed by atoms with Crippen molar-refractivity contribution in [2.45, 2.75) is 5.92 Å². The van der Waals surface area contributed by atoms with Crippen molar-refractivity contribution in [3.63, 3.8) is 0 Å². The van der Waals surface area contributed by atoms with Gasteiger partial charge in [0, 0.05) is 22.1 Å². The summed E-state index contributed by atoms with van der Waals surface area (Å²) in [6, 6.07) is 15.3. The Morgan fingerprint density at radius 1 is 0.833 bits per heavy atom. The third kappa shape index (κ3) is 3.32. The highest BCUT2D eigenvalue weighted by molar-refractivity contribution is 7.23. The number of rotatable bonds is 4. The van der Waals surface area contributed by atoms with Crippen LogP contribution < -0.4 is 0 Å². The van der Waals surface area contributed by atoms with Crippen LogP contribution in [-0.2, 0) is 4.57 Å². The molecule has 0 N–H and O–H groups in total. The smallest absolute Gasteiger partial charge is 0.156 e. The molecule has 0 unspecified atom stereocenters. The van der Waals surface area contributed by atoms with Crippen molar-refractivity contribution in [3.05, 3.63) is 69.7 Å². The summed E-state index contributed by atoms with van der Waals surface area (Å²) in [4.78, 5) is 0. The number of hydrogen-bond acceptors (Lipinski definition) is 1. The Bertz CT molecular complexity index is 477. The summed E-state index contributed by atoms with van der Waals surface area (Å²) in [5, 5.41) is 1.40. The molecule has 4 heteroatoms. The van der Waals surface area contributed by atoms with E-state index in [0.29, 0.717) is 16.2 Å². The zero-order valence-electron chi connectivity index (χ0n) is 9.51. The lowest BCUT2D eigenvalue weighted by atomic mass is 9.93. The van der Waals surface area contributed by atoms with Gasteiger partial charge in [-0.25, -0.2) is 0 Å². The molecule has 0 saturated carbocycles. The molecule has 0 spiro atoms. The van der Waals surface area contributed by atoms with Crippen molar-refractivity contribution in [1.29, 1.82) is 0 Å². The maximum Gasteiger partial charge on any atom is 0.156 e. The van der Waals surface area contributed by atoms with Crippen LogP contribution in [0.4, 0.5) is 0 Å². The van der Waals surface area contributed by atoms with E-state index in [2.05, 4.69) is 0 Å². The van der Waals surface area contributed by atoms with Gasteiger partial charge in [0.25, 0.3) is 0 Å². The average Bonchev–Trinajstić information content (AvgIpc) is 2.39. The van der Waals surface area contributed by atoms with Gasteiger partial charge >= 0.3 is 0 Å². The fourth-order valence-corrected chi connectivity index (χ4v) is 2.69. The molecule has 0 amide bonds. The Balaban J connectivity index is 2.35. The van der Waals surface area contributed by atoms with E-state index in [1.54, 1.807) is 0 Å². The number of hydrogen-bond donors (Lipinski definition) is 0. The summed E-state index contributed by atoms with van der Waals surface area (Å²) < 4.78 is 10.9. The fraction of sp³-hybridized carbons (Fsp3) is 0.143. The highest BCUT2D eigenvalue weighted by Gasteiger charge is 2.14. The first-order valence-corrected chi connectivity index (χ1v) is 7.26. The van der Waals surface area contributed by atoms with Crippen LogP contribution in [-0.4, -0.2) is 6.16 Å². The maximum absolute atomic E-state index is 10.9. The summed E-state index contributed by atoms with van der Waals surface area (Å²) >= 11 is 11.8. The first-order valence-electron chi connectivity index (χ1n) is 5.51. The van der Waals surface area contributed by atoms with E-state index < -0.39 is 0 Å². The summed E-state index contributed by atoms with van der Waals surface area (Å²) in [7, 11) is 0.130. The van der Waals surface area contributed by atoms with Gasteiger partial charge in [0.05, 0.1) is 0 Å². The highest BCUT2D eigenvalue weighted by atomic mass is 35.5. The molecule has 2 rings (SSSR count). The van der Waals surface area contributed by atoms with E-state index in [1.165, 1.54) is 0 Å². The maximum atomic E-state index is 10.9. The second-order valence-corrected chi connectivity index (χ2v) is 5.46. The van der Waals surface area contributed by atoms with Crippen LogP contribution in [0, 0.1) is 0 Å². The molecule has 0 radical (unpaired) electrons. The summed E-state index contributed by atoms with van der Waals surface area (Å²) in [6.07, 6.45) is 0.545. The van der Waals surface area contributed by atoms with Gasteiger partial charge in [-0.1, -0.05) is 47.5 Å². The van der Waals surface area contributed by atoms with Crippen LogP contribution >= 0.6 is 31.7 Å².